The van der Waals surface area contributed by atoms with E-state index in [9.17, 15) is 43.2 Å². The monoisotopic (exact) mass is 1380 g/mol. The summed E-state index contributed by atoms with van der Waals surface area (Å²) in [6.07, 6.45) is 56.6. The lowest BCUT2D eigenvalue weighted by Gasteiger charge is -2.21. The van der Waals surface area contributed by atoms with E-state index in [0.29, 0.717) is 25.7 Å². The van der Waals surface area contributed by atoms with E-state index >= 15 is 0 Å². The fraction of sp³-hybridized carbons (Fsp3) is 0.947. The van der Waals surface area contributed by atoms with E-state index in [-0.39, 0.29) is 25.7 Å². The molecule has 6 atom stereocenters. The molecule has 0 radical (unpaired) electrons. The lowest BCUT2D eigenvalue weighted by Crippen LogP contribution is -2.30. The number of carbonyl (C=O) groups excluding carboxylic acids is 4. The third-order valence-electron chi connectivity index (χ3n) is 17.9. The molecule has 19 heteroatoms. The number of unbranched alkanes of at least 4 members (excludes halogenated alkanes) is 46. The number of aliphatic hydroxyl groups excluding tert-OH is 1. The van der Waals surface area contributed by atoms with Crippen LogP contribution in [0, 0.1) is 5.92 Å². The minimum atomic E-state index is -4.96. The molecule has 0 spiro atoms. The molecule has 0 saturated carbocycles. The number of esters is 4. The molecule has 0 aromatic heterocycles. The van der Waals surface area contributed by atoms with Gasteiger partial charge in [0.05, 0.1) is 26.4 Å². The summed E-state index contributed by atoms with van der Waals surface area (Å²) in [4.78, 5) is 72.8. The van der Waals surface area contributed by atoms with Gasteiger partial charge in [0.25, 0.3) is 0 Å². The molecule has 0 fully saturated rings. The number of phosphoric acid groups is 2. The molecular formula is C75H146O17P2. The van der Waals surface area contributed by atoms with Crippen LogP contribution in [0.2, 0.25) is 0 Å². The van der Waals surface area contributed by atoms with Crippen molar-refractivity contribution < 1.29 is 80.2 Å². The Bertz CT molecular complexity index is 1810. The van der Waals surface area contributed by atoms with Gasteiger partial charge in [-0.1, -0.05) is 343 Å². The molecular weight excluding hydrogens is 1230 g/mol. The molecule has 0 aliphatic carbocycles. The molecule has 0 aliphatic heterocycles. The maximum Gasteiger partial charge on any atom is 0.472 e. The first-order chi connectivity index (χ1) is 45.6. The van der Waals surface area contributed by atoms with E-state index in [1.807, 2.05) is 0 Å². The second-order valence-corrected chi connectivity index (χ2v) is 30.2. The molecule has 0 bridgehead atoms. The quantitative estimate of drug-likeness (QED) is 0.0222. The molecule has 558 valence electrons. The average Bonchev–Trinajstić information content (AvgIpc) is 1.27. The van der Waals surface area contributed by atoms with Crippen LogP contribution >= 0.6 is 15.6 Å². The first-order valence-corrected chi connectivity index (χ1v) is 42.2. The third kappa shape index (κ3) is 67.3. The molecule has 0 saturated heterocycles. The minimum Gasteiger partial charge on any atom is -0.462 e. The molecule has 3 N–H and O–H groups in total. The van der Waals surface area contributed by atoms with Gasteiger partial charge in [-0.2, -0.15) is 0 Å². The highest BCUT2D eigenvalue weighted by Crippen LogP contribution is 2.45. The van der Waals surface area contributed by atoms with Gasteiger partial charge in [-0.05, 0) is 31.6 Å². The summed E-state index contributed by atoms with van der Waals surface area (Å²) in [5.41, 5.74) is 0. The Morgan fingerprint density at radius 3 is 0.755 bits per heavy atom. The van der Waals surface area contributed by atoms with Gasteiger partial charge in [0.15, 0.2) is 12.2 Å². The van der Waals surface area contributed by atoms with Gasteiger partial charge in [-0.25, -0.2) is 9.13 Å². The summed E-state index contributed by atoms with van der Waals surface area (Å²) in [5.74, 6) is -1.34. The van der Waals surface area contributed by atoms with Crippen LogP contribution in [0.1, 0.15) is 394 Å². The molecule has 0 aliphatic rings. The highest BCUT2D eigenvalue weighted by Gasteiger charge is 2.30. The fourth-order valence-corrected chi connectivity index (χ4v) is 13.1. The maximum atomic E-state index is 13.1. The Labute approximate surface area is 575 Å². The summed E-state index contributed by atoms with van der Waals surface area (Å²) in [5, 5.41) is 10.6. The van der Waals surface area contributed by atoms with Gasteiger partial charge in [-0.3, -0.25) is 37.3 Å². The molecule has 0 aromatic carbocycles. The van der Waals surface area contributed by atoms with Crippen LogP contribution in [-0.4, -0.2) is 96.7 Å². The van der Waals surface area contributed by atoms with E-state index in [0.717, 1.165) is 95.8 Å². The molecule has 94 heavy (non-hydrogen) atoms. The molecule has 0 amide bonds. The first-order valence-electron chi connectivity index (χ1n) is 39.2. The standard InChI is InChI=1S/C75H146O17P2/c1-6-10-13-16-19-22-25-28-30-32-35-38-44-49-54-59-73(78)85-64-70(91-74(79)60-55-50-45-39-36-33-31-29-26-23-20-17-14-11-7-2)66-89-93(81,82)87-62-69(76)63-88-94(83,84)90-67-71(92-75(80)61-56-51-46-41-40-42-47-52-57-68(5)9-4)65-86-72(77)58-53-48-43-37-34-27-24-21-18-15-12-8-3/h68-71,76H,6-67H2,1-5H3,(H,81,82)(H,83,84)/t68?,69-,70-,71-/m1/s1. The second kappa shape index (κ2) is 68.2. The molecule has 0 rings (SSSR count). The number of phosphoric ester groups is 2. The van der Waals surface area contributed by atoms with Crippen LogP contribution in [0.3, 0.4) is 0 Å². The summed E-state index contributed by atoms with van der Waals surface area (Å²) >= 11 is 0. The SMILES string of the molecule is CCCCCCCCCCCCCCCCCC(=O)OC[C@H](COP(=O)(O)OC[C@@H](O)COP(=O)(O)OC[C@@H](COC(=O)CCCCCCCCCCCCCC)OC(=O)CCCCCCCCCCC(C)CC)OC(=O)CCCCCCCCCCCCCCCCC. The molecule has 0 heterocycles. The number of rotatable bonds is 75. The van der Waals surface area contributed by atoms with Crippen molar-refractivity contribution in [2.75, 3.05) is 39.6 Å². The number of carbonyl (C=O) groups is 4. The lowest BCUT2D eigenvalue weighted by molar-refractivity contribution is -0.161. The topological polar surface area (TPSA) is 237 Å². The zero-order valence-electron chi connectivity index (χ0n) is 61.1. The van der Waals surface area contributed by atoms with Crippen molar-refractivity contribution in [3.05, 3.63) is 0 Å². The summed E-state index contributed by atoms with van der Waals surface area (Å²) < 4.78 is 68.5. The van der Waals surface area contributed by atoms with Crippen molar-refractivity contribution in [3.8, 4) is 0 Å². The van der Waals surface area contributed by atoms with Crippen LogP contribution in [0.15, 0.2) is 0 Å². The molecule has 0 aromatic rings. The Balaban J connectivity index is 5.26. The van der Waals surface area contributed by atoms with Crippen LogP contribution in [0.25, 0.3) is 0 Å². The largest absolute Gasteiger partial charge is 0.472 e. The minimum absolute atomic E-state index is 0.106. The number of ether oxygens (including phenoxy) is 4. The van der Waals surface area contributed by atoms with Crippen LogP contribution in [-0.2, 0) is 65.4 Å². The highest BCUT2D eigenvalue weighted by molar-refractivity contribution is 7.47. The first kappa shape index (κ1) is 92.1. The smallest absolute Gasteiger partial charge is 0.462 e. The second-order valence-electron chi connectivity index (χ2n) is 27.3. The molecule has 3 unspecified atom stereocenters. The lowest BCUT2D eigenvalue weighted by atomic mass is 9.99. The van der Waals surface area contributed by atoms with E-state index in [4.69, 9.17) is 37.0 Å². The van der Waals surface area contributed by atoms with Crippen molar-refractivity contribution in [3.63, 3.8) is 0 Å². The van der Waals surface area contributed by atoms with Gasteiger partial charge in [0.1, 0.15) is 19.3 Å². The average molecular weight is 1380 g/mol. The van der Waals surface area contributed by atoms with E-state index in [1.54, 1.807) is 0 Å². The van der Waals surface area contributed by atoms with Gasteiger partial charge in [0.2, 0.25) is 0 Å². The van der Waals surface area contributed by atoms with Gasteiger partial charge < -0.3 is 33.8 Å². The van der Waals surface area contributed by atoms with Gasteiger partial charge >= 0.3 is 39.5 Å². The highest BCUT2D eigenvalue weighted by atomic mass is 31.2. The summed E-state index contributed by atoms with van der Waals surface area (Å²) in [7, 11) is -9.91. The van der Waals surface area contributed by atoms with Crippen molar-refractivity contribution in [2.24, 2.45) is 5.92 Å². The van der Waals surface area contributed by atoms with Crippen LogP contribution in [0.4, 0.5) is 0 Å². The Hall–Kier alpha value is -1.94. The van der Waals surface area contributed by atoms with Gasteiger partial charge in [-0.15, -0.1) is 0 Å². The predicted octanol–water partition coefficient (Wildman–Crippen LogP) is 22.1. The van der Waals surface area contributed by atoms with Crippen molar-refractivity contribution >= 4 is 39.5 Å². The zero-order valence-corrected chi connectivity index (χ0v) is 62.9. The zero-order chi connectivity index (χ0) is 69.1. The fourth-order valence-electron chi connectivity index (χ4n) is 11.5. The number of aliphatic hydroxyl groups is 1. The number of hydrogen-bond donors (Lipinski definition) is 3. The summed E-state index contributed by atoms with van der Waals surface area (Å²) in [6, 6.07) is 0. The Morgan fingerprint density at radius 2 is 0.511 bits per heavy atom. The Morgan fingerprint density at radius 1 is 0.298 bits per heavy atom. The molecule has 17 nitrogen and oxygen atoms in total. The van der Waals surface area contributed by atoms with Crippen molar-refractivity contribution in [2.45, 2.75) is 412 Å². The van der Waals surface area contributed by atoms with Crippen LogP contribution < -0.4 is 0 Å². The van der Waals surface area contributed by atoms with E-state index in [1.165, 1.54) is 218 Å². The van der Waals surface area contributed by atoms with Gasteiger partial charge in [0, 0.05) is 25.7 Å². The normalized spacial score (nSPS) is 14.3. The van der Waals surface area contributed by atoms with E-state index < -0.39 is 97.5 Å². The third-order valence-corrected chi connectivity index (χ3v) is 19.8. The maximum absolute atomic E-state index is 13.1. The summed E-state index contributed by atoms with van der Waals surface area (Å²) in [6.45, 7) is 7.29. The Kier molecular flexibility index (Phi) is 66.8. The van der Waals surface area contributed by atoms with Crippen molar-refractivity contribution in [1.82, 2.24) is 0 Å². The van der Waals surface area contributed by atoms with E-state index in [2.05, 4.69) is 34.6 Å². The van der Waals surface area contributed by atoms with Crippen LogP contribution in [0.5, 0.6) is 0 Å². The number of hydrogen-bond acceptors (Lipinski definition) is 15. The van der Waals surface area contributed by atoms with Crippen molar-refractivity contribution in [1.29, 1.82) is 0 Å². The predicted molar refractivity (Wildman–Crippen MR) is 382 cm³/mol.